The van der Waals surface area contributed by atoms with Crippen LogP contribution in [0.1, 0.15) is 30.9 Å². The number of likely N-dealkylation sites (N-methyl/N-ethyl adjacent to an activating group) is 1. The van der Waals surface area contributed by atoms with E-state index in [-0.39, 0.29) is 5.91 Å². The van der Waals surface area contributed by atoms with Gasteiger partial charge in [0.2, 0.25) is 5.91 Å². The number of carbonyl (C=O) groups excluding carboxylic acids is 1. The first-order valence-corrected chi connectivity index (χ1v) is 8.04. The van der Waals surface area contributed by atoms with E-state index in [2.05, 4.69) is 6.26 Å². The first-order valence-electron chi connectivity index (χ1n) is 6.75. The van der Waals surface area contributed by atoms with Crippen LogP contribution in [-0.4, -0.2) is 35.4 Å². The molecular formula is C15H22N2OS. The van der Waals surface area contributed by atoms with E-state index in [9.17, 15) is 4.79 Å². The van der Waals surface area contributed by atoms with Gasteiger partial charge in [0.15, 0.2) is 0 Å². The normalized spacial score (nSPS) is 24.2. The van der Waals surface area contributed by atoms with Crippen molar-refractivity contribution >= 4 is 17.7 Å². The molecule has 0 aliphatic heterocycles. The van der Waals surface area contributed by atoms with Crippen molar-refractivity contribution in [2.45, 2.75) is 36.6 Å². The minimum Gasteiger partial charge on any atom is -0.340 e. The van der Waals surface area contributed by atoms with Crippen LogP contribution in [0.3, 0.4) is 0 Å². The highest BCUT2D eigenvalue weighted by Crippen LogP contribution is 2.32. The van der Waals surface area contributed by atoms with E-state index >= 15 is 0 Å². The van der Waals surface area contributed by atoms with Crippen LogP contribution in [0.15, 0.2) is 30.3 Å². The Morgan fingerprint density at radius 1 is 1.37 bits per heavy atom. The fourth-order valence-electron chi connectivity index (χ4n) is 2.81. The quantitative estimate of drug-likeness (QED) is 0.920. The lowest BCUT2D eigenvalue weighted by molar-refractivity contribution is -0.133. The standard InChI is InChI=1S/C15H22N2OS/c1-17(12-9-6-10-13(12)19-2)15(18)14(16)11-7-4-3-5-8-11/h3-5,7-8,12-14H,6,9-10,16H2,1-2H3/t12-,13-,14-/m1/s1. The van der Waals surface area contributed by atoms with Gasteiger partial charge in [-0.25, -0.2) is 0 Å². The first kappa shape index (κ1) is 14.4. The molecule has 1 aromatic carbocycles. The van der Waals surface area contributed by atoms with Crippen molar-refractivity contribution in [2.75, 3.05) is 13.3 Å². The number of carbonyl (C=O) groups is 1. The van der Waals surface area contributed by atoms with Gasteiger partial charge in [-0.1, -0.05) is 36.8 Å². The number of amides is 1. The second-order valence-electron chi connectivity index (χ2n) is 5.11. The van der Waals surface area contributed by atoms with Crippen molar-refractivity contribution in [1.29, 1.82) is 0 Å². The summed E-state index contributed by atoms with van der Waals surface area (Å²) in [5, 5.41) is 0.553. The summed E-state index contributed by atoms with van der Waals surface area (Å²) in [4.78, 5) is 14.4. The first-order chi connectivity index (χ1) is 9.15. The zero-order chi connectivity index (χ0) is 13.8. The van der Waals surface area contributed by atoms with E-state index in [1.54, 1.807) is 0 Å². The summed E-state index contributed by atoms with van der Waals surface area (Å²) in [6.45, 7) is 0. The van der Waals surface area contributed by atoms with Crippen molar-refractivity contribution < 1.29 is 4.79 Å². The Hall–Kier alpha value is -1.00. The van der Waals surface area contributed by atoms with E-state index in [1.165, 1.54) is 12.8 Å². The number of benzene rings is 1. The van der Waals surface area contributed by atoms with Crippen LogP contribution in [0, 0.1) is 0 Å². The lowest BCUT2D eigenvalue weighted by Crippen LogP contribution is -2.44. The van der Waals surface area contributed by atoms with Crippen LogP contribution in [0.5, 0.6) is 0 Å². The van der Waals surface area contributed by atoms with Gasteiger partial charge < -0.3 is 10.6 Å². The largest absolute Gasteiger partial charge is 0.340 e. The van der Waals surface area contributed by atoms with Crippen LogP contribution < -0.4 is 5.73 Å². The van der Waals surface area contributed by atoms with Crippen LogP contribution in [0.25, 0.3) is 0 Å². The van der Waals surface area contributed by atoms with E-state index in [0.717, 1.165) is 12.0 Å². The van der Waals surface area contributed by atoms with Crippen LogP contribution in [0.2, 0.25) is 0 Å². The topological polar surface area (TPSA) is 46.3 Å². The van der Waals surface area contributed by atoms with Gasteiger partial charge in [0.05, 0.1) is 0 Å². The molecule has 1 fully saturated rings. The third-order valence-corrected chi connectivity index (χ3v) is 5.15. The van der Waals surface area contributed by atoms with E-state index in [1.807, 2.05) is 54.0 Å². The molecule has 4 heteroatoms. The third kappa shape index (κ3) is 3.12. The van der Waals surface area contributed by atoms with Gasteiger partial charge in [-0.05, 0) is 24.7 Å². The molecule has 3 atom stereocenters. The van der Waals surface area contributed by atoms with Gasteiger partial charge in [-0.15, -0.1) is 0 Å². The summed E-state index contributed by atoms with van der Waals surface area (Å²) in [6, 6.07) is 9.39. The molecular weight excluding hydrogens is 256 g/mol. The highest BCUT2D eigenvalue weighted by atomic mass is 32.2. The average Bonchev–Trinajstić information content (AvgIpc) is 2.94. The lowest BCUT2D eigenvalue weighted by Gasteiger charge is -2.31. The predicted molar refractivity (Wildman–Crippen MR) is 81.1 cm³/mol. The molecule has 0 bridgehead atoms. The Morgan fingerprint density at radius 3 is 2.68 bits per heavy atom. The predicted octanol–water partition coefficient (Wildman–Crippen LogP) is 2.43. The maximum Gasteiger partial charge on any atom is 0.244 e. The minimum atomic E-state index is -0.547. The lowest BCUT2D eigenvalue weighted by atomic mass is 10.1. The summed E-state index contributed by atoms with van der Waals surface area (Å²) >= 11 is 1.86. The Balaban J connectivity index is 2.07. The Kier molecular flexibility index (Phi) is 4.88. The monoisotopic (exact) mass is 278 g/mol. The summed E-state index contributed by atoms with van der Waals surface area (Å²) < 4.78 is 0. The Bertz CT molecular complexity index is 423. The maximum absolute atomic E-state index is 12.5. The highest BCUT2D eigenvalue weighted by Gasteiger charge is 2.34. The second-order valence-corrected chi connectivity index (χ2v) is 6.19. The van der Waals surface area contributed by atoms with Crippen LogP contribution in [0.4, 0.5) is 0 Å². The molecule has 0 unspecified atom stereocenters. The van der Waals surface area contributed by atoms with Crippen LogP contribution in [-0.2, 0) is 4.79 Å². The molecule has 1 aromatic rings. The van der Waals surface area contributed by atoms with E-state index < -0.39 is 6.04 Å². The summed E-state index contributed by atoms with van der Waals surface area (Å²) in [5.74, 6) is 0.0251. The molecule has 1 aliphatic rings. The van der Waals surface area contributed by atoms with Gasteiger partial charge in [-0.3, -0.25) is 4.79 Å². The third-order valence-electron chi connectivity index (χ3n) is 3.99. The molecule has 0 spiro atoms. The molecule has 0 radical (unpaired) electrons. The number of hydrogen-bond acceptors (Lipinski definition) is 3. The van der Waals surface area contributed by atoms with Crippen molar-refractivity contribution in [2.24, 2.45) is 5.73 Å². The fourth-order valence-corrected chi connectivity index (χ4v) is 3.85. The number of hydrogen-bond donors (Lipinski definition) is 1. The van der Waals surface area contributed by atoms with Gasteiger partial charge in [-0.2, -0.15) is 11.8 Å². The molecule has 2 N–H and O–H groups in total. The number of rotatable bonds is 4. The highest BCUT2D eigenvalue weighted by molar-refractivity contribution is 7.99. The SMILES string of the molecule is CS[C@@H]1CCC[C@H]1N(C)C(=O)[C@H](N)c1ccccc1. The molecule has 19 heavy (non-hydrogen) atoms. The molecule has 1 aliphatic carbocycles. The summed E-state index contributed by atoms with van der Waals surface area (Å²) in [5.41, 5.74) is 6.98. The van der Waals surface area contributed by atoms with Gasteiger partial charge in [0.1, 0.15) is 6.04 Å². The molecule has 2 rings (SSSR count). The number of thioether (sulfide) groups is 1. The van der Waals surface area contributed by atoms with E-state index in [4.69, 9.17) is 5.73 Å². The van der Waals surface area contributed by atoms with Gasteiger partial charge in [0.25, 0.3) is 0 Å². The summed E-state index contributed by atoms with van der Waals surface area (Å²) in [7, 11) is 1.89. The van der Waals surface area contributed by atoms with Crippen molar-refractivity contribution in [1.82, 2.24) is 4.90 Å². The van der Waals surface area contributed by atoms with Gasteiger partial charge in [0, 0.05) is 18.3 Å². The zero-order valence-electron chi connectivity index (χ0n) is 11.6. The fraction of sp³-hybridized carbons (Fsp3) is 0.533. The van der Waals surface area contributed by atoms with Crippen LogP contribution >= 0.6 is 11.8 Å². The molecule has 104 valence electrons. The zero-order valence-corrected chi connectivity index (χ0v) is 12.4. The molecule has 1 amide bonds. The molecule has 0 heterocycles. The average molecular weight is 278 g/mol. The van der Waals surface area contributed by atoms with Crippen molar-refractivity contribution in [3.63, 3.8) is 0 Å². The Morgan fingerprint density at radius 2 is 2.05 bits per heavy atom. The molecule has 0 aromatic heterocycles. The molecule has 1 saturated carbocycles. The van der Waals surface area contributed by atoms with E-state index in [0.29, 0.717) is 11.3 Å². The van der Waals surface area contributed by atoms with Crippen molar-refractivity contribution in [3.05, 3.63) is 35.9 Å². The van der Waals surface area contributed by atoms with Crippen molar-refractivity contribution in [3.8, 4) is 0 Å². The second kappa shape index (κ2) is 6.44. The Labute approximate surface area is 119 Å². The summed E-state index contributed by atoms with van der Waals surface area (Å²) in [6.07, 6.45) is 5.62. The molecule has 0 saturated heterocycles. The minimum absolute atomic E-state index is 0.0251. The number of nitrogens with zero attached hydrogens (tertiary/aromatic N) is 1. The molecule has 3 nitrogen and oxygen atoms in total. The number of nitrogens with two attached hydrogens (primary N) is 1. The smallest absolute Gasteiger partial charge is 0.244 e. The van der Waals surface area contributed by atoms with Gasteiger partial charge >= 0.3 is 0 Å². The maximum atomic E-state index is 12.5.